The minimum atomic E-state index is -0.965. The van der Waals surface area contributed by atoms with E-state index < -0.39 is 5.97 Å². The molecular weight excluding hydrogens is 234 g/mol. The topological polar surface area (TPSA) is 50.2 Å². The lowest BCUT2D eigenvalue weighted by Gasteiger charge is -2.03. The van der Waals surface area contributed by atoms with E-state index in [0.717, 1.165) is 16.1 Å². The van der Waals surface area contributed by atoms with Crippen LogP contribution >= 0.6 is 11.3 Å². The van der Waals surface area contributed by atoms with Crippen LogP contribution in [0.2, 0.25) is 0 Å². The lowest BCUT2D eigenvalue weighted by molar-refractivity contribution is 0.0696. The highest BCUT2D eigenvalue weighted by Crippen LogP contribution is 2.28. The fourth-order valence-corrected chi connectivity index (χ4v) is 2.42. The number of aromatic carboxylic acids is 1. The summed E-state index contributed by atoms with van der Waals surface area (Å²) >= 11 is 1.22. The Hall–Kier alpha value is -1.68. The molecule has 1 aromatic heterocycles. The molecule has 2 rings (SSSR count). The molecule has 0 bridgehead atoms. The number of hydrogen-bond acceptors (Lipinski definition) is 3. The number of aromatic nitrogens is 1. The molecule has 0 saturated carbocycles. The summed E-state index contributed by atoms with van der Waals surface area (Å²) in [6.45, 7) is 5.99. The van der Waals surface area contributed by atoms with Crippen LogP contribution in [0.4, 0.5) is 0 Å². The van der Waals surface area contributed by atoms with Crippen molar-refractivity contribution in [3.8, 4) is 11.3 Å². The third-order valence-corrected chi connectivity index (χ3v) is 3.72. The van der Waals surface area contributed by atoms with E-state index in [9.17, 15) is 4.79 Å². The van der Waals surface area contributed by atoms with Crippen LogP contribution < -0.4 is 0 Å². The van der Waals surface area contributed by atoms with Crippen molar-refractivity contribution in [1.82, 2.24) is 4.98 Å². The molecule has 0 amide bonds. The van der Waals surface area contributed by atoms with E-state index in [-0.39, 0.29) is 5.01 Å². The molecule has 3 nitrogen and oxygen atoms in total. The normalized spacial score (nSPS) is 10.5. The summed E-state index contributed by atoms with van der Waals surface area (Å²) in [4.78, 5) is 16.0. The lowest BCUT2D eigenvalue weighted by Crippen LogP contribution is -1.94. The lowest BCUT2D eigenvalue weighted by atomic mass is 10.0. The Balaban J connectivity index is 2.52. The number of carbonyl (C=O) groups is 1. The van der Waals surface area contributed by atoms with Gasteiger partial charge in [-0.3, -0.25) is 0 Å². The quantitative estimate of drug-likeness (QED) is 0.884. The van der Waals surface area contributed by atoms with E-state index in [0.29, 0.717) is 0 Å². The smallest absolute Gasteiger partial charge is 0.365 e. The van der Waals surface area contributed by atoms with Gasteiger partial charge in [-0.25, -0.2) is 9.78 Å². The zero-order valence-electron chi connectivity index (χ0n) is 9.94. The molecule has 0 spiro atoms. The van der Waals surface area contributed by atoms with Crippen LogP contribution in [0.15, 0.2) is 18.2 Å². The first-order chi connectivity index (χ1) is 7.99. The third-order valence-electron chi connectivity index (χ3n) is 2.76. The molecule has 2 aromatic rings. The number of carboxylic acids is 1. The van der Waals surface area contributed by atoms with E-state index in [1.807, 2.05) is 32.0 Å². The van der Waals surface area contributed by atoms with Gasteiger partial charge in [0, 0.05) is 10.4 Å². The first-order valence-corrected chi connectivity index (χ1v) is 6.09. The zero-order valence-corrected chi connectivity index (χ0v) is 10.8. The maximum atomic E-state index is 10.9. The SMILES string of the molecule is Cc1ccc(-c2nc(C(=O)O)sc2C)cc1C. The number of thiazole rings is 1. The second-order valence-corrected chi connectivity index (χ2v) is 5.23. The molecule has 88 valence electrons. The Morgan fingerprint density at radius 3 is 2.47 bits per heavy atom. The average Bonchev–Trinajstić information content (AvgIpc) is 2.65. The predicted molar refractivity (Wildman–Crippen MR) is 68.7 cm³/mol. The molecule has 1 heterocycles. The molecule has 0 radical (unpaired) electrons. The van der Waals surface area contributed by atoms with Crippen molar-refractivity contribution < 1.29 is 9.90 Å². The monoisotopic (exact) mass is 247 g/mol. The van der Waals surface area contributed by atoms with Crippen molar-refractivity contribution in [1.29, 1.82) is 0 Å². The van der Waals surface area contributed by atoms with Gasteiger partial charge in [0.15, 0.2) is 0 Å². The zero-order chi connectivity index (χ0) is 12.6. The van der Waals surface area contributed by atoms with Gasteiger partial charge in [0.05, 0.1) is 5.69 Å². The highest BCUT2D eigenvalue weighted by molar-refractivity contribution is 7.13. The van der Waals surface area contributed by atoms with Gasteiger partial charge in [-0.05, 0) is 38.0 Å². The molecule has 17 heavy (non-hydrogen) atoms. The van der Waals surface area contributed by atoms with Gasteiger partial charge in [0.2, 0.25) is 5.01 Å². The molecule has 0 aliphatic rings. The average molecular weight is 247 g/mol. The Morgan fingerprint density at radius 1 is 1.24 bits per heavy atom. The van der Waals surface area contributed by atoms with E-state index in [2.05, 4.69) is 11.9 Å². The highest BCUT2D eigenvalue weighted by Gasteiger charge is 2.14. The predicted octanol–water partition coefficient (Wildman–Crippen LogP) is 3.43. The van der Waals surface area contributed by atoms with Crippen LogP contribution in [-0.2, 0) is 0 Å². The first-order valence-electron chi connectivity index (χ1n) is 5.27. The van der Waals surface area contributed by atoms with Crippen molar-refractivity contribution in [3.63, 3.8) is 0 Å². The largest absolute Gasteiger partial charge is 0.476 e. The minimum Gasteiger partial charge on any atom is -0.476 e. The van der Waals surface area contributed by atoms with Gasteiger partial charge in [0.1, 0.15) is 0 Å². The van der Waals surface area contributed by atoms with Crippen LogP contribution in [0.1, 0.15) is 25.8 Å². The third kappa shape index (κ3) is 2.22. The molecule has 4 heteroatoms. The van der Waals surface area contributed by atoms with Crippen molar-refractivity contribution in [2.24, 2.45) is 0 Å². The number of aryl methyl sites for hydroxylation is 3. The maximum Gasteiger partial charge on any atom is 0.365 e. The van der Waals surface area contributed by atoms with Crippen molar-refractivity contribution in [2.45, 2.75) is 20.8 Å². The second-order valence-electron chi connectivity index (χ2n) is 4.03. The van der Waals surface area contributed by atoms with Crippen molar-refractivity contribution in [3.05, 3.63) is 39.2 Å². The Bertz CT molecular complexity index is 587. The van der Waals surface area contributed by atoms with Crippen LogP contribution in [0.3, 0.4) is 0 Å². The molecule has 0 aliphatic carbocycles. The fourth-order valence-electron chi connectivity index (χ4n) is 1.64. The molecule has 1 N–H and O–H groups in total. The van der Waals surface area contributed by atoms with Gasteiger partial charge < -0.3 is 5.11 Å². The molecule has 0 unspecified atom stereocenters. The van der Waals surface area contributed by atoms with Gasteiger partial charge in [0.25, 0.3) is 0 Å². The molecule has 0 atom stereocenters. The molecule has 1 aromatic carbocycles. The Labute approximate surface area is 104 Å². The fraction of sp³-hybridized carbons (Fsp3) is 0.231. The minimum absolute atomic E-state index is 0.149. The maximum absolute atomic E-state index is 10.9. The van der Waals surface area contributed by atoms with Crippen molar-refractivity contribution >= 4 is 17.3 Å². The summed E-state index contributed by atoms with van der Waals surface area (Å²) in [5, 5.41) is 9.06. The van der Waals surface area contributed by atoms with E-state index >= 15 is 0 Å². The summed E-state index contributed by atoms with van der Waals surface area (Å²) in [6.07, 6.45) is 0. The second kappa shape index (κ2) is 4.30. The summed E-state index contributed by atoms with van der Waals surface area (Å²) in [7, 11) is 0. The van der Waals surface area contributed by atoms with E-state index in [1.165, 1.54) is 22.5 Å². The summed E-state index contributed by atoms with van der Waals surface area (Å²) in [5.74, 6) is -0.965. The number of benzene rings is 1. The molecule has 0 fully saturated rings. The van der Waals surface area contributed by atoms with Crippen molar-refractivity contribution in [2.75, 3.05) is 0 Å². The van der Waals surface area contributed by atoms with Crippen LogP contribution in [-0.4, -0.2) is 16.1 Å². The molecule has 0 aliphatic heterocycles. The van der Waals surface area contributed by atoms with Crippen LogP contribution in [0.5, 0.6) is 0 Å². The summed E-state index contributed by atoms with van der Waals surface area (Å²) in [5.41, 5.74) is 4.16. The molecule has 0 saturated heterocycles. The van der Waals surface area contributed by atoms with Gasteiger partial charge >= 0.3 is 5.97 Å². The van der Waals surface area contributed by atoms with Gasteiger partial charge in [-0.15, -0.1) is 11.3 Å². The van der Waals surface area contributed by atoms with Gasteiger partial charge in [-0.1, -0.05) is 12.1 Å². The number of rotatable bonds is 2. The number of hydrogen-bond donors (Lipinski definition) is 1. The Morgan fingerprint density at radius 2 is 1.94 bits per heavy atom. The summed E-state index contributed by atoms with van der Waals surface area (Å²) < 4.78 is 0. The van der Waals surface area contributed by atoms with E-state index in [4.69, 9.17) is 5.11 Å². The van der Waals surface area contributed by atoms with Gasteiger partial charge in [-0.2, -0.15) is 0 Å². The first kappa shape index (κ1) is 11.8. The van der Waals surface area contributed by atoms with Crippen LogP contribution in [0, 0.1) is 20.8 Å². The standard InChI is InChI=1S/C13H13NO2S/c1-7-4-5-10(6-8(7)2)11-9(3)17-12(14-11)13(15)16/h4-6H,1-3H3,(H,15,16). The Kier molecular flexibility index (Phi) is 2.98. The highest BCUT2D eigenvalue weighted by atomic mass is 32.1. The number of carboxylic acid groups (broad SMARTS) is 1. The van der Waals surface area contributed by atoms with E-state index in [1.54, 1.807) is 0 Å². The summed E-state index contributed by atoms with van der Waals surface area (Å²) in [6, 6.07) is 6.06. The van der Waals surface area contributed by atoms with Crippen LogP contribution in [0.25, 0.3) is 11.3 Å². The molecular formula is C13H13NO2S. The number of nitrogens with zero attached hydrogens (tertiary/aromatic N) is 1.